The van der Waals surface area contributed by atoms with E-state index in [1.807, 2.05) is 42.5 Å². The Bertz CT molecular complexity index is 2020. The van der Waals surface area contributed by atoms with Crippen LogP contribution in [0, 0.1) is 0 Å². The molecule has 0 bridgehead atoms. The van der Waals surface area contributed by atoms with E-state index >= 15 is 0 Å². The monoisotopic (exact) mass is 796 g/mol. The van der Waals surface area contributed by atoms with Crippen molar-refractivity contribution in [2.75, 3.05) is 38.2 Å². The SMILES string of the molecule is CC(C)(C)OC(=O)NCCOCCn1c(=O)cc(NC2CCN(S(=O)(=O)C(F)(F)F)CC2)c2cc(C(c3ccc(Cl)cc3)c3ccc(Cl)cc3)ccc21. The molecule has 1 fully saturated rings. The zero-order valence-corrected chi connectivity index (χ0v) is 31.7. The minimum absolute atomic E-state index is 0.100. The highest BCUT2D eigenvalue weighted by Gasteiger charge is 2.50. The zero-order chi connectivity index (χ0) is 38.6. The number of amides is 1. The molecule has 1 aliphatic rings. The molecule has 0 aliphatic carbocycles. The minimum atomic E-state index is -5.45. The fourth-order valence-corrected chi connectivity index (χ4v) is 7.46. The first-order valence-corrected chi connectivity index (χ1v) is 19.2. The molecule has 0 atom stereocenters. The molecule has 53 heavy (non-hydrogen) atoms. The second kappa shape index (κ2) is 16.7. The lowest BCUT2D eigenvalue weighted by Crippen LogP contribution is -2.47. The lowest BCUT2D eigenvalue weighted by Gasteiger charge is -2.32. The van der Waals surface area contributed by atoms with Crippen molar-refractivity contribution in [3.8, 4) is 0 Å². The second-order valence-corrected chi connectivity index (χ2v) is 16.5. The van der Waals surface area contributed by atoms with Crippen molar-refractivity contribution >= 4 is 55.9 Å². The average molecular weight is 798 g/mol. The zero-order valence-electron chi connectivity index (χ0n) is 29.4. The lowest BCUT2D eigenvalue weighted by atomic mass is 9.84. The van der Waals surface area contributed by atoms with E-state index in [0.29, 0.717) is 30.9 Å². The van der Waals surface area contributed by atoms with Gasteiger partial charge >= 0.3 is 21.6 Å². The molecule has 0 unspecified atom stereocenters. The van der Waals surface area contributed by atoms with E-state index in [2.05, 4.69) is 10.6 Å². The van der Waals surface area contributed by atoms with Crippen molar-refractivity contribution in [2.24, 2.45) is 0 Å². The van der Waals surface area contributed by atoms with Crippen LogP contribution >= 0.6 is 23.2 Å². The van der Waals surface area contributed by atoms with Crippen molar-refractivity contribution < 1.29 is 35.9 Å². The molecule has 0 spiro atoms. The maximum Gasteiger partial charge on any atom is 0.511 e. The van der Waals surface area contributed by atoms with Gasteiger partial charge in [0.2, 0.25) is 0 Å². The Morgan fingerprint density at radius 1 is 0.887 bits per heavy atom. The number of nitrogens with one attached hydrogen (secondary N) is 2. The number of carbonyl (C=O) groups is 1. The summed E-state index contributed by atoms with van der Waals surface area (Å²) in [5.41, 5.74) is -2.53. The van der Waals surface area contributed by atoms with Gasteiger partial charge in [-0.25, -0.2) is 13.2 Å². The van der Waals surface area contributed by atoms with E-state index in [4.69, 9.17) is 32.7 Å². The number of aromatic nitrogens is 1. The van der Waals surface area contributed by atoms with E-state index in [0.717, 1.165) is 16.7 Å². The Labute approximate surface area is 316 Å². The number of benzene rings is 3. The summed E-state index contributed by atoms with van der Waals surface area (Å²) in [5, 5.41) is 7.79. The predicted molar refractivity (Wildman–Crippen MR) is 200 cm³/mol. The molecule has 1 aliphatic heterocycles. The van der Waals surface area contributed by atoms with Crippen LogP contribution in [0.25, 0.3) is 10.9 Å². The number of nitrogens with zero attached hydrogens (tertiary/aromatic N) is 2. The van der Waals surface area contributed by atoms with Gasteiger partial charge in [0, 0.05) is 65.3 Å². The van der Waals surface area contributed by atoms with E-state index in [-0.39, 0.29) is 63.7 Å². The Hall–Kier alpha value is -3.82. The van der Waals surface area contributed by atoms with Crippen molar-refractivity contribution in [3.63, 3.8) is 0 Å². The number of ether oxygens (including phenoxy) is 2. The van der Waals surface area contributed by atoms with Crippen LogP contribution in [0.15, 0.2) is 77.6 Å². The number of anilines is 1. The largest absolute Gasteiger partial charge is 0.511 e. The molecule has 4 aromatic rings. The Morgan fingerprint density at radius 2 is 1.45 bits per heavy atom. The third-order valence-corrected chi connectivity index (χ3v) is 10.8. The molecule has 0 radical (unpaired) electrons. The van der Waals surface area contributed by atoms with E-state index in [9.17, 15) is 31.2 Å². The third kappa shape index (κ3) is 10.2. The summed E-state index contributed by atoms with van der Waals surface area (Å²) in [6.07, 6.45) is -0.364. The molecule has 0 saturated carbocycles. The summed E-state index contributed by atoms with van der Waals surface area (Å²) in [4.78, 5) is 25.6. The maximum absolute atomic E-state index is 13.6. The van der Waals surface area contributed by atoms with Crippen LogP contribution in [-0.4, -0.2) is 73.4 Å². The van der Waals surface area contributed by atoms with Gasteiger partial charge in [-0.3, -0.25) is 4.79 Å². The van der Waals surface area contributed by atoms with Crippen molar-refractivity contribution in [1.29, 1.82) is 0 Å². The van der Waals surface area contributed by atoms with E-state index in [1.165, 1.54) is 6.07 Å². The Balaban J connectivity index is 1.45. The van der Waals surface area contributed by atoms with Gasteiger partial charge in [-0.05, 0) is 86.7 Å². The summed E-state index contributed by atoms with van der Waals surface area (Å²) in [6.45, 7) is 5.37. The van der Waals surface area contributed by atoms with Crippen LogP contribution in [0.5, 0.6) is 0 Å². The van der Waals surface area contributed by atoms with Gasteiger partial charge in [0.15, 0.2) is 0 Å². The maximum atomic E-state index is 13.6. The van der Waals surface area contributed by atoms with Gasteiger partial charge in [-0.15, -0.1) is 0 Å². The Morgan fingerprint density at radius 3 is 2.00 bits per heavy atom. The molecule has 2 heterocycles. The number of rotatable bonds is 12. The molecule has 2 N–H and O–H groups in total. The number of alkyl halides is 3. The van der Waals surface area contributed by atoms with Gasteiger partial charge in [0.05, 0.1) is 18.7 Å². The number of fused-ring (bicyclic) bond motifs is 1. The van der Waals surface area contributed by atoms with Gasteiger partial charge in [-0.1, -0.05) is 53.5 Å². The molecule has 286 valence electrons. The average Bonchev–Trinajstić information content (AvgIpc) is 3.08. The lowest BCUT2D eigenvalue weighted by molar-refractivity contribution is -0.0494. The number of halogens is 5. The normalized spacial score (nSPS) is 14.8. The number of hydrogen-bond donors (Lipinski definition) is 2. The highest BCUT2D eigenvalue weighted by atomic mass is 35.5. The van der Waals surface area contributed by atoms with Gasteiger partial charge in [0.1, 0.15) is 5.60 Å². The number of pyridine rings is 1. The number of sulfonamides is 1. The van der Waals surface area contributed by atoms with Gasteiger partial charge in [-0.2, -0.15) is 17.5 Å². The first-order chi connectivity index (χ1) is 24.9. The third-order valence-electron chi connectivity index (χ3n) is 8.70. The van der Waals surface area contributed by atoms with Crippen molar-refractivity contribution in [3.05, 3.63) is 110 Å². The quantitative estimate of drug-likeness (QED) is 0.111. The summed E-state index contributed by atoms with van der Waals surface area (Å²) in [6, 6.07) is 21.7. The highest BCUT2D eigenvalue weighted by molar-refractivity contribution is 7.90. The summed E-state index contributed by atoms with van der Waals surface area (Å²) >= 11 is 12.5. The molecule has 5 rings (SSSR count). The number of piperidine rings is 1. The number of carbonyl (C=O) groups excluding carboxylic acids is 1. The molecular weight excluding hydrogens is 756 g/mol. The predicted octanol–water partition coefficient (Wildman–Crippen LogP) is 7.76. The molecule has 1 aromatic heterocycles. The van der Waals surface area contributed by atoms with Crippen molar-refractivity contribution in [2.45, 2.75) is 63.2 Å². The van der Waals surface area contributed by atoms with Crippen LogP contribution < -0.4 is 16.2 Å². The van der Waals surface area contributed by atoms with Crippen LogP contribution in [-0.2, 0) is 26.0 Å². The standard InChI is InChI=1S/C37H41Cl2F3N4O6S/c1-36(2,3)52-35(48)43-16-20-51-21-19-46-32-13-8-26(34(24-4-9-27(38)10-5-24)25-6-11-28(39)12-7-25)22-30(32)31(23-33(46)47)44-29-14-17-45(18-15-29)53(49,50)37(40,41)42/h4-13,22-23,29,34,44H,14-21H2,1-3H3,(H,43,48). The molecule has 1 amide bonds. The van der Waals surface area contributed by atoms with Gasteiger partial charge < -0.3 is 24.7 Å². The topological polar surface area (TPSA) is 119 Å². The molecule has 10 nitrogen and oxygen atoms in total. The van der Waals surface area contributed by atoms with Crippen LogP contribution in [0.2, 0.25) is 10.0 Å². The number of alkyl carbamates (subject to hydrolysis) is 1. The van der Waals surface area contributed by atoms with Crippen LogP contribution in [0.3, 0.4) is 0 Å². The highest BCUT2D eigenvalue weighted by Crippen LogP contribution is 2.37. The molecular formula is C37H41Cl2F3N4O6S. The fraction of sp³-hybridized carbons (Fsp3) is 0.405. The Kier molecular flexibility index (Phi) is 12.7. The van der Waals surface area contributed by atoms with E-state index in [1.54, 1.807) is 49.6 Å². The first kappa shape index (κ1) is 40.4. The van der Waals surface area contributed by atoms with Crippen molar-refractivity contribution in [1.82, 2.24) is 14.2 Å². The van der Waals surface area contributed by atoms with E-state index < -0.39 is 33.3 Å². The first-order valence-electron chi connectivity index (χ1n) is 17.0. The second-order valence-electron chi connectivity index (χ2n) is 13.7. The van der Waals surface area contributed by atoms with Crippen LogP contribution in [0.1, 0.15) is 56.2 Å². The summed E-state index contributed by atoms with van der Waals surface area (Å²) < 4.78 is 76.7. The molecule has 3 aromatic carbocycles. The number of hydrogen-bond acceptors (Lipinski definition) is 7. The smallest absolute Gasteiger partial charge is 0.444 e. The van der Waals surface area contributed by atoms with Crippen LogP contribution in [0.4, 0.5) is 23.7 Å². The summed E-state index contributed by atoms with van der Waals surface area (Å²) in [5.74, 6) is -0.265. The molecule has 1 saturated heterocycles. The minimum Gasteiger partial charge on any atom is -0.444 e. The fourth-order valence-electron chi connectivity index (χ4n) is 6.22. The summed E-state index contributed by atoms with van der Waals surface area (Å²) in [7, 11) is -5.45. The molecule has 16 heteroatoms. The van der Waals surface area contributed by atoms with Gasteiger partial charge in [0.25, 0.3) is 5.56 Å².